The first-order valence-electron chi connectivity index (χ1n) is 4.86. The summed E-state index contributed by atoms with van der Waals surface area (Å²) in [5.74, 6) is -8.22. The van der Waals surface area contributed by atoms with Gasteiger partial charge in [-0.2, -0.15) is 0 Å². The minimum absolute atomic E-state index is 0.146. The molecule has 116 valence electrons. The van der Waals surface area contributed by atoms with Crippen molar-refractivity contribution in [2.45, 2.75) is 5.40 Å². The molecule has 0 heterocycles. The molecule has 0 saturated carbocycles. The van der Waals surface area contributed by atoms with Gasteiger partial charge in [-0.15, -0.1) is 0 Å². The Morgan fingerprint density at radius 2 is 1.14 bits per heavy atom. The maximum atomic E-state index is 11.9. The fourth-order valence-electron chi connectivity index (χ4n) is 1.53. The summed E-state index contributed by atoms with van der Waals surface area (Å²) < 4.78 is 23.8. The van der Waals surface area contributed by atoms with E-state index in [4.69, 9.17) is 68.2 Å². The molecule has 4 nitrogen and oxygen atoms in total. The first-order valence-corrected chi connectivity index (χ1v) is 12.8. The predicted molar refractivity (Wildman–Crippen MR) is 88.2 cm³/mol. The lowest BCUT2D eigenvalue weighted by atomic mass is 10.1. The van der Waals surface area contributed by atoms with E-state index in [2.05, 4.69) is 0 Å². The standard InChI is InChI=1S/C9H4Cl6O4P2/c10-7(16)4-1-5(8(11)17)3-6(2-4)9(20(12,13)18)21(14,15)19/h1-3,9H. The number of hydrogen-bond acceptors (Lipinski definition) is 4. The predicted octanol–water partition coefficient (Wildman–Crippen LogP) is 6.78. The zero-order valence-electron chi connectivity index (χ0n) is 9.60. The molecule has 0 aliphatic heterocycles. The molecular formula is C9H4Cl6O4P2. The smallest absolute Gasteiger partial charge is 0.269 e. The maximum absolute atomic E-state index is 11.9. The van der Waals surface area contributed by atoms with Crippen molar-refractivity contribution < 1.29 is 18.7 Å². The lowest BCUT2D eigenvalue weighted by molar-refractivity contribution is 0.108. The molecule has 0 fully saturated rings. The van der Waals surface area contributed by atoms with Gasteiger partial charge in [-0.1, -0.05) is 0 Å². The van der Waals surface area contributed by atoms with E-state index in [1.54, 1.807) is 0 Å². The van der Waals surface area contributed by atoms with Gasteiger partial charge in [0, 0.05) is 11.1 Å². The van der Waals surface area contributed by atoms with E-state index in [1.807, 2.05) is 0 Å². The normalized spacial score (nSPS) is 12.5. The monoisotopic (exact) mass is 448 g/mol. The molecule has 0 atom stereocenters. The molecule has 12 heteroatoms. The lowest BCUT2D eigenvalue weighted by Crippen LogP contribution is -2.01. The van der Waals surface area contributed by atoms with Gasteiger partial charge in [-0.25, -0.2) is 0 Å². The van der Waals surface area contributed by atoms with Gasteiger partial charge in [0.05, 0.1) is 0 Å². The number of carbonyl (C=O) groups is 2. The Morgan fingerprint density at radius 3 is 1.38 bits per heavy atom. The molecule has 21 heavy (non-hydrogen) atoms. The fourth-order valence-corrected chi connectivity index (χ4v) is 11.4. The highest BCUT2D eigenvalue weighted by Crippen LogP contribution is 2.85. The van der Waals surface area contributed by atoms with Crippen LogP contribution in [0.2, 0.25) is 0 Å². The molecule has 0 spiro atoms. The fraction of sp³-hybridized carbons (Fsp3) is 0.111. The van der Waals surface area contributed by atoms with Crippen molar-refractivity contribution in [3.05, 3.63) is 34.9 Å². The van der Waals surface area contributed by atoms with Crippen LogP contribution < -0.4 is 0 Å². The van der Waals surface area contributed by atoms with Crippen molar-refractivity contribution in [1.82, 2.24) is 0 Å². The highest BCUT2D eigenvalue weighted by Gasteiger charge is 2.44. The largest absolute Gasteiger partial charge is 0.288 e. The Hall–Kier alpha value is 0.760. The third kappa shape index (κ3) is 5.41. The average molecular weight is 451 g/mol. The van der Waals surface area contributed by atoms with E-state index in [9.17, 15) is 18.7 Å². The van der Waals surface area contributed by atoms with Gasteiger partial charge < -0.3 is 0 Å². The maximum Gasteiger partial charge on any atom is 0.269 e. The Labute approximate surface area is 148 Å². The number of carbonyl (C=O) groups excluding carboxylic acids is 2. The van der Waals surface area contributed by atoms with Crippen molar-refractivity contribution in [2.24, 2.45) is 0 Å². The molecule has 0 amide bonds. The van der Waals surface area contributed by atoms with Gasteiger partial charge in [-0.05, 0) is 91.9 Å². The minimum Gasteiger partial charge on any atom is -0.288 e. The summed E-state index contributed by atoms with van der Waals surface area (Å²) in [6.07, 6.45) is 0. The van der Waals surface area contributed by atoms with Crippen molar-refractivity contribution >= 4 is 90.3 Å². The number of rotatable bonds is 5. The van der Waals surface area contributed by atoms with Crippen LogP contribution in [0.25, 0.3) is 0 Å². The molecular weight excluding hydrogens is 447 g/mol. The van der Waals surface area contributed by atoms with E-state index >= 15 is 0 Å². The molecule has 1 aromatic rings. The van der Waals surface area contributed by atoms with E-state index in [-0.39, 0.29) is 16.7 Å². The summed E-state index contributed by atoms with van der Waals surface area (Å²) in [7, 11) is 0. The van der Waals surface area contributed by atoms with Gasteiger partial charge in [0.1, 0.15) is 5.40 Å². The molecule has 0 unspecified atom stereocenters. The zero-order chi connectivity index (χ0) is 16.6. The Morgan fingerprint density at radius 1 is 0.810 bits per heavy atom. The van der Waals surface area contributed by atoms with E-state index in [0.29, 0.717) is 0 Å². The molecule has 0 radical (unpaired) electrons. The van der Waals surface area contributed by atoms with E-state index in [0.717, 1.165) is 18.2 Å². The molecule has 1 rings (SSSR count). The van der Waals surface area contributed by atoms with Crippen LogP contribution in [-0.4, -0.2) is 10.5 Å². The summed E-state index contributed by atoms with van der Waals surface area (Å²) in [5.41, 5.74) is -0.495. The second-order valence-corrected chi connectivity index (χ2v) is 15.0. The molecule has 0 aliphatic rings. The minimum atomic E-state index is -4.11. The van der Waals surface area contributed by atoms with Gasteiger partial charge in [0.25, 0.3) is 22.2 Å². The van der Waals surface area contributed by atoms with Crippen LogP contribution in [0.1, 0.15) is 31.7 Å². The average Bonchev–Trinajstić information content (AvgIpc) is 2.24. The molecule has 0 aliphatic carbocycles. The molecule has 0 saturated heterocycles. The zero-order valence-corrected chi connectivity index (χ0v) is 15.9. The summed E-state index contributed by atoms with van der Waals surface area (Å²) in [6.45, 7) is 0. The lowest BCUT2D eigenvalue weighted by Gasteiger charge is -2.20. The molecule has 1 aromatic carbocycles. The quantitative estimate of drug-likeness (QED) is 0.366. The van der Waals surface area contributed by atoms with Gasteiger partial charge >= 0.3 is 0 Å². The van der Waals surface area contributed by atoms with E-state index in [1.165, 1.54) is 0 Å². The summed E-state index contributed by atoms with van der Waals surface area (Å²) in [4.78, 5) is 22.5. The number of halogens is 6. The van der Waals surface area contributed by atoms with Crippen molar-refractivity contribution in [3.63, 3.8) is 0 Å². The highest BCUT2D eigenvalue weighted by molar-refractivity contribution is 8.21. The third-order valence-electron chi connectivity index (χ3n) is 2.28. The van der Waals surface area contributed by atoms with Gasteiger partial charge in [0.2, 0.25) is 0 Å². The highest BCUT2D eigenvalue weighted by atomic mass is 35.9. The van der Waals surface area contributed by atoms with Gasteiger partial charge in [0.15, 0.2) is 0 Å². The van der Waals surface area contributed by atoms with Gasteiger partial charge in [-0.3, -0.25) is 18.7 Å². The topological polar surface area (TPSA) is 68.3 Å². The first kappa shape index (κ1) is 19.8. The molecule has 0 aromatic heterocycles. The SMILES string of the molecule is O=C(Cl)c1cc(C(=O)Cl)cc(C(P(=O)(Cl)Cl)P(=O)(Cl)Cl)c1. The third-order valence-corrected chi connectivity index (χ3v) is 10.4. The second kappa shape index (κ2) is 7.11. The second-order valence-electron chi connectivity index (χ2n) is 3.77. The Kier molecular flexibility index (Phi) is 6.71. The number of hydrogen-bond donors (Lipinski definition) is 0. The van der Waals surface area contributed by atoms with Crippen molar-refractivity contribution in [2.75, 3.05) is 0 Å². The Balaban J connectivity index is 3.67. The number of benzene rings is 1. The van der Waals surface area contributed by atoms with Crippen LogP contribution in [0.4, 0.5) is 0 Å². The van der Waals surface area contributed by atoms with Crippen molar-refractivity contribution in [3.8, 4) is 0 Å². The Bertz CT molecular complexity index is 639. The molecule has 0 N–H and O–H groups in total. The summed E-state index contributed by atoms with van der Waals surface area (Å²) in [5, 5.41) is -3.57. The van der Waals surface area contributed by atoms with Crippen LogP contribution in [0.3, 0.4) is 0 Å². The summed E-state index contributed by atoms with van der Waals surface area (Å²) >= 11 is 32.7. The molecule has 0 bridgehead atoms. The van der Waals surface area contributed by atoms with Crippen LogP contribution in [0.15, 0.2) is 18.2 Å². The van der Waals surface area contributed by atoms with Crippen LogP contribution >= 0.6 is 79.9 Å². The van der Waals surface area contributed by atoms with Crippen molar-refractivity contribution in [1.29, 1.82) is 0 Å². The first-order chi connectivity index (χ1) is 9.34. The van der Waals surface area contributed by atoms with Crippen LogP contribution in [0, 0.1) is 0 Å². The van der Waals surface area contributed by atoms with Crippen LogP contribution in [-0.2, 0) is 9.13 Å². The summed E-state index contributed by atoms with van der Waals surface area (Å²) in [6, 6.07) is 3.25. The van der Waals surface area contributed by atoms with E-state index < -0.39 is 27.6 Å². The van der Waals surface area contributed by atoms with Crippen LogP contribution in [0.5, 0.6) is 0 Å².